The van der Waals surface area contributed by atoms with Crippen LogP contribution in [0.3, 0.4) is 0 Å². The van der Waals surface area contributed by atoms with Crippen LogP contribution in [0, 0.1) is 0 Å². The van der Waals surface area contributed by atoms with E-state index in [2.05, 4.69) is 20.9 Å². The van der Waals surface area contributed by atoms with E-state index in [0.717, 1.165) is 21.2 Å². The maximum absolute atomic E-state index is 12.8. The van der Waals surface area contributed by atoms with E-state index in [1.165, 1.54) is 11.3 Å². The maximum atomic E-state index is 12.8. The van der Waals surface area contributed by atoms with Crippen LogP contribution in [-0.2, 0) is 5.33 Å². The normalized spacial score (nSPS) is 10.7. The number of benzene rings is 2. The van der Waals surface area contributed by atoms with Gasteiger partial charge in [-0.15, -0.1) is 23.1 Å². The highest BCUT2D eigenvalue weighted by atomic mass is 79.9. The SMILES string of the molecule is CSc1ccc(C(=O)c2sc(-c3ccccc3)nc2CBr)cc1. The van der Waals surface area contributed by atoms with Crippen LogP contribution < -0.4 is 0 Å². The first-order valence-electron chi connectivity index (χ1n) is 7.02. The second kappa shape index (κ2) is 7.43. The molecule has 5 heteroatoms. The number of carbonyl (C=O) groups excluding carboxylic acids is 1. The smallest absolute Gasteiger partial charge is 0.204 e. The lowest BCUT2D eigenvalue weighted by Crippen LogP contribution is -2.01. The highest BCUT2D eigenvalue weighted by Gasteiger charge is 2.19. The minimum Gasteiger partial charge on any atom is -0.288 e. The molecule has 0 fully saturated rings. The fraction of sp³-hybridized carbons (Fsp3) is 0.111. The summed E-state index contributed by atoms with van der Waals surface area (Å²) in [5.41, 5.74) is 2.54. The van der Waals surface area contributed by atoms with Crippen molar-refractivity contribution in [2.45, 2.75) is 10.2 Å². The summed E-state index contributed by atoms with van der Waals surface area (Å²) in [5, 5.41) is 1.45. The van der Waals surface area contributed by atoms with Gasteiger partial charge in [0, 0.05) is 21.4 Å². The van der Waals surface area contributed by atoms with Gasteiger partial charge in [-0.2, -0.15) is 0 Å². The molecule has 2 aromatic carbocycles. The van der Waals surface area contributed by atoms with Crippen LogP contribution in [0.5, 0.6) is 0 Å². The molecule has 0 saturated carbocycles. The summed E-state index contributed by atoms with van der Waals surface area (Å²) in [7, 11) is 0. The van der Waals surface area contributed by atoms with Gasteiger partial charge in [-0.25, -0.2) is 4.98 Å². The Hall–Kier alpha value is -1.43. The Morgan fingerprint density at radius 3 is 2.43 bits per heavy atom. The van der Waals surface area contributed by atoms with E-state index in [1.807, 2.05) is 60.9 Å². The number of aromatic nitrogens is 1. The van der Waals surface area contributed by atoms with Crippen molar-refractivity contribution in [2.75, 3.05) is 6.26 Å². The highest BCUT2D eigenvalue weighted by molar-refractivity contribution is 9.08. The van der Waals surface area contributed by atoms with Gasteiger partial charge < -0.3 is 0 Å². The van der Waals surface area contributed by atoms with Crippen molar-refractivity contribution < 1.29 is 4.79 Å². The number of rotatable bonds is 5. The number of alkyl halides is 1. The van der Waals surface area contributed by atoms with Gasteiger partial charge in [0.15, 0.2) is 0 Å². The lowest BCUT2D eigenvalue weighted by atomic mass is 10.1. The van der Waals surface area contributed by atoms with E-state index in [4.69, 9.17) is 0 Å². The molecule has 0 aliphatic heterocycles. The van der Waals surface area contributed by atoms with E-state index in [-0.39, 0.29) is 5.78 Å². The predicted molar refractivity (Wildman–Crippen MR) is 102 cm³/mol. The number of hydrogen-bond donors (Lipinski definition) is 0. The molecule has 0 aliphatic carbocycles. The fourth-order valence-electron chi connectivity index (χ4n) is 2.20. The average Bonchev–Trinajstić information content (AvgIpc) is 3.06. The summed E-state index contributed by atoms with van der Waals surface area (Å²) in [6.07, 6.45) is 2.02. The monoisotopic (exact) mass is 403 g/mol. The molecule has 0 spiro atoms. The molecular formula is C18H14BrNOS2. The van der Waals surface area contributed by atoms with E-state index in [0.29, 0.717) is 15.8 Å². The number of ketones is 1. The first kappa shape index (κ1) is 16.4. The molecule has 0 aliphatic rings. The molecule has 1 aromatic heterocycles. The number of carbonyl (C=O) groups is 1. The third kappa shape index (κ3) is 3.57. The van der Waals surface area contributed by atoms with Crippen molar-refractivity contribution in [3.8, 4) is 10.6 Å². The molecule has 0 bridgehead atoms. The molecule has 0 amide bonds. The lowest BCUT2D eigenvalue weighted by Gasteiger charge is -2.01. The van der Waals surface area contributed by atoms with Gasteiger partial charge in [0.1, 0.15) is 5.01 Å². The van der Waals surface area contributed by atoms with Gasteiger partial charge in [-0.05, 0) is 30.5 Å². The van der Waals surface area contributed by atoms with Gasteiger partial charge in [0.2, 0.25) is 5.78 Å². The third-order valence-electron chi connectivity index (χ3n) is 3.40. The molecule has 0 radical (unpaired) electrons. The number of thioether (sulfide) groups is 1. The maximum Gasteiger partial charge on any atom is 0.204 e. The van der Waals surface area contributed by atoms with Gasteiger partial charge in [0.25, 0.3) is 0 Å². The molecule has 116 valence electrons. The largest absolute Gasteiger partial charge is 0.288 e. The van der Waals surface area contributed by atoms with Crippen LogP contribution in [0.1, 0.15) is 20.9 Å². The third-order valence-corrected chi connectivity index (χ3v) is 5.82. The number of hydrogen-bond acceptors (Lipinski definition) is 4. The van der Waals surface area contributed by atoms with Crippen molar-refractivity contribution in [2.24, 2.45) is 0 Å². The Morgan fingerprint density at radius 1 is 1.13 bits per heavy atom. The molecule has 23 heavy (non-hydrogen) atoms. The van der Waals surface area contributed by atoms with E-state index in [1.54, 1.807) is 11.8 Å². The van der Waals surface area contributed by atoms with Crippen LogP contribution in [0.25, 0.3) is 10.6 Å². The second-order valence-electron chi connectivity index (χ2n) is 4.85. The van der Waals surface area contributed by atoms with Crippen molar-refractivity contribution in [3.05, 3.63) is 70.7 Å². The highest BCUT2D eigenvalue weighted by Crippen LogP contribution is 2.31. The van der Waals surface area contributed by atoms with Crippen molar-refractivity contribution in [1.82, 2.24) is 4.98 Å². The van der Waals surface area contributed by atoms with E-state index >= 15 is 0 Å². The molecule has 3 aromatic rings. The Bertz CT molecular complexity index is 813. The fourth-order valence-corrected chi connectivity index (χ4v) is 4.25. The van der Waals surface area contributed by atoms with E-state index in [9.17, 15) is 4.79 Å². The summed E-state index contributed by atoms with van der Waals surface area (Å²) in [4.78, 5) is 19.3. The molecule has 1 heterocycles. The lowest BCUT2D eigenvalue weighted by molar-refractivity contribution is 0.104. The summed E-state index contributed by atoms with van der Waals surface area (Å²) in [6, 6.07) is 17.7. The second-order valence-corrected chi connectivity index (χ2v) is 7.29. The first-order valence-corrected chi connectivity index (χ1v) is 10.2. The predicted octanol–water partition coefficient (Wildman–Crippen LogP) is 5.66. The Balaban J connectivity index is 1.98. The minimum atomic E-state index is 0.0341. The average molecular weight is 404 g/mol. The summed E-state index contributed by atoms with van der Waals surface area (Å²) >= 11 is 6.57. The summed E-state index contributed by atoms with van der Waals surface area (Å²) in [6.45, 7) is 0. The number of nitrogens with zero attached hydrogens (tertiary/aromatic N) is 1. The Labute approximate surface area is 152 Å². The van der Waals surface area contributed by atoms with Crippen molar-refractivity contribution in [3.63, 3.8) is 0 Å². The first-order chi connectivity index (χ1) is 11.2. The van der Waals surface area contributed by atoms with Gasteiger partial charge in [-0.1, -0.05) is 46.3 Å². The van der Waals surface area contributed by atoms with E-state index < -0.39 is 0 Å². The van der Waals surface area contributed by atoms with Crippen LogP contribution in [0.2, 0.25) is 0 Å². The molecule has 0 unspecified atom stereocenters. The van der Waals surface area contributed by atoms with Gasteiger partial charge in [-0.3, -0.25) is 4.79 Å². The standard InChI is InChI=1S/C18H14BrNOS2/c1-22-14-9-7-12(8-10-14)16(21)17-15(11-19)20-18(23-17)13-5-3-2-4-6-13/h2-10H,11H2,1H3. The van der Waals surface area contributed by atoms with Gasteiger partial charge >= 0.3 is 0 Å². The zero-order valence-corrected chi connectivity index (χ0v) is 15.7. The molecule has 0 saturated heterocycles. The number of thiazole rings is 1. The van der Waals surface area contributed by atoms with Crippen molar-refractivity contribution in [1.29, 1.82) is 0 Å². The van der Waals surface area contributed by atoms with Gasteiger partial charge in [0.05, 0.1) is 10.6 Å². The molecular weight excluding hydrogens is 390 g/mol. The van der Waals surface area contributed by atoms with Crippen molar-refractivity contribution >= 4 is 44.8 Å². The molecule has 2 nitrogen and oxygen atoms in total. The van der Waals surface area contributed by atoms with Crippen LogP contribution in [-0.4, -0.2) is 17.0 Å². The molecule has 0 N–H and O–H groups in total. The quantitative estimate of drug-likeness (QED) is 0.312. The van der Waals surface area contributed by atoms with Crippen LogP contribution in [0.15, 0.2) is 59.5 Å². The Morgan fingerprint density at radius 2 is 1.83 bits per heavy atom. The summed E-state index contributed by atoms with van der Waals surface area (Å²) in [5.74, 6) is 0.0341. The molecule has 3 rings (SSSR count). The minimum absolute atomic E-state index is 0.0341. The molecule has 0 atom stereocenters. The Kier molecular flexibility index (Phi) is 5.30. The number of halogens is 1. The van der Waals surface area contributed by atoms with Crippen LogP contribution in [0.4, 0.5) is 0 Å². The zero-order chi connectivity index (χ0) is 16.2. The zero-order valence-electron chi connectivity index (χ0n) is 12.5. The topological polar surface area (TPSA) is 30.0 Å². The van der Waals surface area contributed by atoms with Crippen LogP contribution >= 0.6 is 39.0 Å². The summed E-state index contributed by atoms with van der Waals surface area (Å²) < 4.78 is 0.